The third-order valence-electron chi connectivity index (χ3n) is 4.07. The highest BCUT2D eigenvalue weighted by molar-refractivity contribution is 7.92. The molecule has 0 heterocycles. The van der Waals surface area contributed by atoms with E-state index in [9.17, 15) is 8.42 Å². The lowest BCUT2D eigenvalue weighted by Gasteiger charge is -2.19. The van der Waals surface area contributed by atoms with Crippen molar-refractivity contribution in [3.05, 3.63) is 64.2 Å². The van der Waals surface area contributed by atoms with E-state index in [0.29, 0.717) is 28.9 Å². The Hall–Kier alpha value is -1.83. The van der Waals surface area contributed by atoms with Crippen LogP contribution < -0.4 is 15.4 Å². The van der Waals surface area contributed by atoms with Crippen molar-refractivity contribution in [3.8, 4) is 0 Å². The zero-order chi connectivity index (χ0) is 20.9. The number of hydrogen-bond donors (Lipinski definition) is 3. The number of nitrogens with one attached hydrogen (secondary N) is 3. The molecule has 2 aromatic rings. The predicted molar refractivity (Wildman–Crippen MR) is 121 cm³/mol. The maximum absolute atomic E-state index is 11.3. The first kappa shape index (κ1) is 22.5. The minimum absolute atomic E-state index is 0.133. The quantitative estimate of drug-likeness (QED) is 0.589. The van der Waals surface area contributed by atoms with Crippen LogP contribution in [-0.2, 0) is 28.5 Å². The average Bonchev–Trinajstić information content (AvgIpc) is 2.57. The molecule has 0 unspecified atom stereocenters. The van der Waals surface area contributed by atoms with Gasteiger partial charge in [0.25, 0.3) is 0 Å². The minimum atomic E-state index is -3.33. The fourth-order valence-electron chi connectivity index (χ4n) is 2.51. The Labute approximate surface area is 177 Å². The summed E-state index contributed by atoms with van der Waals surface area (Å²) in [6, 6.07) is 13.5. The van der Waals surface area contributed by atoms with Gasteiger partial charge in [0.05, 0.1) is 6.26 Å². The number of halogens is 1. The van der Waals surface area contributed by atoms with Crippen LogP contribution in [0.5, 0.6) is 0 Å². The molecule has 5 nitrogen and oxygen atoms in total. The Morgan fingerprint density at radius 1 is 1.04 bits per heavy atom. The van der Waals surface area contributed by atoms with Crippen LogP contribution in [0.4, 0.5) is 5.69 Å². The second-order valence-electron chi connectivity index (χ2n) is 7.66. The van der Waals surface area contributed by atoms with Crippen molar-refractivity contribution in [2.45, 2.75) is 39.3 Å². The van der Waals surface area contributed by atoms with Gasteiger partial charge in [0.15, 0.2) is 5.11 Å². The molecule has 0 aliphatic heterocycles. The number of rotatable bonds is 6. The summed E-state index contributed by atoms with van der Waals surface area (Å²) in [6.07, 6.45) is 1.09. The lowest BCUT2D eigenvalue weighted by Crippen LogP contribution is -2.34. The van der Waals surface area contributed by atoms with Crippen molar-refractivity contribution in [2.24, 2.45) is 0 Å². The second kappa shape index (κ2) is 9.11. The molecule has 0 atom stereocenters. The standard InChI is InChI=1S/C20H26ClN3O2S2/c1-20(2,3)16-8-5-14(6-9-16)12-22-19(27)23-13-15-7-10-17(11-18(15)21)24-28(4,25)26/h5-11,24H,12-13H2,1-4H3,(H2,22,23,27). The SMILES string of the molecule is CC(C)(C)c1ccc(CNC(=S)NCc2ccc(NS(C)(=O)=O)cc2Cl)cc1. The molecule has 152 valence electrons. The largest absolute Gasteiger partial charge is 0.359 e. The molecular weight excluding hydrogens is 414 g/mol. The van der Waals surface area contributed by atoms with Crippen LogP contribution in [-0.4, -0.2) is 19.8 Å². The lowest BCUT2D eigenvalue weighted by molar-refractivity contribution is 0.590. The zero-order valence-electron chi connectivity index (χ0n) is 16.5. The first-order valence-corrected chi connectivity index (χ1v) is 11.5. The van der Waals surface area contributed by atoms with Crippen molar-refractivity contribution in [3.63, 3.8) is 0 Å². The molecule has 2 rings (SSSR count). The molecule has 0 aliphatic carbocycles. The molecule has 0 bridgehead atoms. The van der Waals surface area contributed by atoms with Gasteiger partial charge in [0.1, 0.15) is 0 Å². The van der Waals surface area contributed by atoms with E-state index in [1.54, 1.807) is 18.2 Å². The summed E-state index contributed by atoms with van der Waals surface area (Å²) in [5.41, 5.74) is 3.82. The number of sulfonamides is 1. The molecular formula is C20H26ClN3O2S2. The fourth-order valence-corrected chi connectivity index (χ4v) is 3.46. The van der Waals surface area contributed by atoms with Gasteiger partial charge in [0, 0.05) is 23.8 Å². The monoisotopic (exact) mass is 439 g/mol. The topological polar surface area (TPSA) is 70.2 Å². The molecule has 8 heteroatoms. The van der Waals surface area contributed by atoms with Gasteiger partial charge in [-0.3, -0.25) is 4.72 Å². The summed E-state index contributed by atoms with van der Waals surface area (Å²) in [4.78, 5) is 0. The van der Waals surface area contributed by atoms with Crippen molar-refractivity contribution in [2.75, 3.05) is 11.0 Å². The molecule has 0 saturated carbocycles. The number of anilines is 1. The average molecular weight is 440 g/mol. The minimum Gasteiger partial charge on any atom is -0.359 e. The first-order chi connectivity index (χ1) is 12.9. The Balaban J connectivity index is 1.85. The van der Waals surface area contributed by atoms with Crippen LogP contribution >= 0.6 is 23.8 Å². The summed E-state index contributed by atoms with van der Waals surface area (Å²) in [6.45, 7) is 7.63. The summed E-state index contributed by atoms with van der Waals surface area (Å²) >= 11 is 11.5. The van der Waals surface area contributed by atoms with Gasteiger partial charge in [-0.2, -0.15) is 0 Å². The van der Waals surface area contributed by atoms with Crippen molar-refractivity contribution in [1.82, 2.24) is 10.6 Å². The van der Waals surface area contributed by atoms with E-state index in [4.69, 9.17) is 23.8 Å². The third-order valence-corrected chi connectivity index (χ3v) is 5.32. The van der Waals surface area contributed by atoms with E-state index in [2.05, 4.69) is 60.4 Å². The molecule has 0 saturated heterocycles. The van der Waals surface area contributed by atoms with E-state index in [1.807, 2.05) is 0 Å². The van der Waals surface area contributed by atoms with Gasteiger partial charge in [-0.1, -0.05) is 62.7 Å². The van der Waals surface area contributed by atoms with Crippen LogP contribution in [0.2, 0.25) is 5.02 Å². The highest BCUT2D eigenvalue weighted by Gasteiger charge is 2.12. The number of benzene rings is 2. The molecule has 0 radical (unpaired) electrons. The Kier molecular flexibility index (Phi) is 7.31. The van der Waals surface area contributed by atoms with E-state index >= 15 is 0 Å². The van der Waals surface area contributed by atoms with Gasteiger partial charge in [-0.15, -0.1) is 0 Å². The Morgan fingerprint density at radius 2 is 1.64 bits per heavy atom. The molecule has 0 spiro atoms. The van der Waals surface area contributed by atoms with Crippen LogP contribution in [0, 0.1) is 0 Å². The Bertz CT molecular complexity index is 937. The van der Waals surface area contributed by atoms with Gasteiger partial charge >= 0.3 is 0 Å². The van der Waals surface area contributed by atoms with Crippen LogP contribution in [0.25, 0.3) is 0 Å². The van der Waals surface area contributed by atoms with Crippen LogP contribution in [0.1, 0.15) is 37.5 Å². The smallest absolute Gasteiger partial charge is 0.229 e. The first-order valence-electron chi connectivity index (χ1n) is 8.81. The van der Waals surface area contributed by atoms with E-state index in [0.717, 1.165) is 17.4 Å². The normalized spacial score (nSPS) is 11.8. The zero-order valence-corrected chi connectivity index (χ0v) is 18.9. The molecule has 28 heavy (non-hydrogen) atoms. The van der Waals surface area contributed by atoms with E-state index in [-0.39, 0.29) is 5.41 Å². The molecule has 0 aliphatic rings. The van der Waals surface area contributed by atoms with Gasteiger partial charge in [0.2, 0.25) is 10.0 Å². The third kappa shape index (κ3) is 7.30. The number of hydrogen-bond acceptors (Lipinski definition) is 3. The molecule has 0 aromatic heterocycles. The van der Waals surface area contributed by atoms with Crippen LogP contribution in [0.3, 0.4) is 0 Å². The maximum Gasteiger partial charge on any atom is 0.229 e. The van der Waals surface area contributed by atoms with Crippen molar-refractivity contribution in [1.29, 1.82) is 0 Å². The van der Waals surface area contributed by atoms with Crippen molar-refractivity contribution < 1.29 is 8.42 Å². The molecule has 3 N–H and O–H groups in total. The van der Waals surface area contributed by atoms with Crippen molar-refractivity contribution >= 4 is 44.6 Å². The summed E-state index contributed by atoms with van der Waals surface area (Å²) in [5.74, 6) is 0. The highest BCUT2D eigenvalue weighted by Crippen LogP contribution is 2.22. The fraction of sp³-hybridized carbons (Fsp3) is 0.350. The van der Waals surface area contributed by atoms with Gasteiger partial charge in [-0.25, -0.2) is 8.42 Å². The molecule has 2 aromatic carbocycles. The predicted octanol–water partition coefficient (Wildman–Crippen LogP) is 4.17. The second-order valence-corrected chi connectivity index (χ2v) is 10.2. The van der Waals surface area contributed by atoms with Gasteiger partial charge < -0.3 is 10.6 Å². The van der Waals surface area contributed by atoms with E-state index in [1.165, 1.54) is 5.56 Å². The highest BCUT2D eigenvalue weighted by atomic mass is 35.5. The summed E-state index contributed by atoms with van der Waals surface area (Å²) in [7, 11) is -3.33. The van der Waals surface area contributed by atoms with Gasteiger partial charge in [-0.05, 0) is 46.5 Å². The lowest BCUT2D eigenvalue weighted by atomic mass is 9.87. The van der Waals surface area contributed by atoms with E-state index < -0.39 is 10.0 Å². The molecule has 0 fully saturated rings. The maximum atomic E-state index is 11.3. The molecule has 0 amide bonds. The summed E-state index contributed by atoms with van der Waals surface area (Å²) < 4.78 is 24.9. The number of thiocarbonyl (C=S) groups is 1. The Morgan fingerprint density at radius 3 is 2.18 bits per heavy atom. The summed E-state index contributed by atoms with van der Waals surface area (Å²) in [5, 5.41) is 7.27. The van der Waals surface area contributed by atoms with Crippen LogP contribution in [0.15, 0.2) is 42.5 Å².